The molecule has 142 valence electrons. The van der Waals surface area contributed by atoms with E-state index in [1.54, 1.807) is 0 Å². The summed E-state index contributed by atoms with van der Waals surface area (Å²) < 4.78 is 12.2. The van der Waals surface area contributed by atoms with Gasteiger partial charge in [-0.05, 0) is 69.6 Å². The number of ether oxygens (including phenoxy) is 2. The molecule has 24 heavy (non-hydrogen) atoms. The first-order valence-electron chi connectivity index (χ1n) is 10.9. The van der Waals surface area contributed by atoms with E-state index in [1.807, 2.05) is 7.11 Å². The maximum atomic E-state index is 6.19. The molecule has 0 bridgehead atoms. The largest absolute Gasteiger partial charge is 0.378 e. The van der Waals surface area contributed by atoms with Crippen LogP contribution in [0.4, 0.5) is 0 Å². The third-order valence-corrected chi connectivity index (χ3v) is 6.84. The Hall–Kier alpha value is -0.0800. The van der Waals surface area contributed by atoms with Gasteiger partial charge in [-0.15, -0.1) is 0 Å². The Morgan fingerprint density at radius 1 is 0.833 bits per heavy atom. The SMILES string of the molecule is CCCCC[C@H]1CC[C@@](OC)([C@H]2CC[C@H](OCCCC)CC2)CC1. The van der Waals surface area contributed by atoms with Gasteiger partial charge in [-0.1, -0.05) is 46.0 Å². The molecule has 0 radical (unpaired) electrons. The molecular weight excluding hydrogens is 296 g/mol. The topological polar surface area (TPSA) is 18.5 Å². The lowest BCUT2D eigenvalue weighted by atomic mass is 9.66. The summed E-state index contributed by atoms with van der Waals surface area (Å²) in [6.45, 7) is 5.50. The van der Waals surface area contributed by atoms with Crippen LogP contribution in [-0.2, 0) is 9.47 Å². The van der Waals surface area contributed by atoms with Crippen molar-refractivity contribution in [3.63, 3.8) is 0 Å². The maximum Gasteiger partial charge on any atom is 0.0707 e. The average molecular weight is 339 g/mol. The van der Waals surface area contributed by atoms with E-state index in [9.17, 15) is 0 Å². The maximum absolute atomic E-state index is 6.19. The lowest BCUT2D eigenvalue weighted by Gasteiger charge is -2.47. The normalized spacial score (nSPS) is 34.4. The summed E-state index contributed by atoms with van der Waals surface area (Å²) in [4.78, 5) is 0. The van der Waals surface area contributed by atoms with Gasteiger partial charge in [-0.3, -0.25) is 0 Å². The van der Waals surface area contributed by atoms with Gasteiger partial charge in [0.05, 0.1) is 11.7 Å². The van der Waals surface area contributed by atoms with Gasteiger partial charge in [0.25, 0.3) is 0 Å². The highest BCUT2D eigenvalue weighted by atomic mass is 16.5. The summed E-state index contributed by atoms with van der Waals surface area (Å²) >= 11 is 0. The van der Waals surface area contributed by atoms with Gasteiger partial charge in [0.2, 0.25) is 0 Å². The van der Waals surface area contributed by atoms with Crippen LogP contribution in [0, 0.1) is 11.8 Å². The minimum atomic E-state index is 0.190. The monoisotopic (exact) mass is 338 g/mol. The van der Waals surface area contributed by atoms with Gasteiger partial charge in [0.1, 0.15) is 0 Å². The molecule has 2 nitrogen and oxygen atoms in total. The van der Waals surface area contributed by atoms with E-state index in [-0.39, 0.29) is 5.60 Å². The van der Waals surface area contributed by atoms with Crippen LogP contribution in [0.2, 0.25) is 0 Å². The predicted octanol–water partition coefficient (Wildman–Crippen LogP) is 6.52. The number of methoxy groups -OCH3 is 1. The van der Waals surface area contributed by atoms with Crippen LogP contribution in [0.15, 0.2) is 0 Å². The fourth-order valence-electron chi connectivity index (χ4n) is 5.07. The van der Waals surface area contributed by atoms with Crippen molar-refractivity contribution in [2.75, 3.05) is 13.7 Å². The second-order valence-corrected chi connectivity index (χ2v) is 8.41. The quantitative estimate of drug-likeness (QED) is 0.422. The minimum absolute atomic E-state index is 0.190. The number of unbranched alkanes of at least 4 members (excludes halogenated alkanes) is 3. The standard InChI is InChI=1S/C22H42O2/c1-4-6-8-9-19-14-16-22(23-3,17-15-19)20-10-12-21(13-11-20)24-18-7-5-2/h19-21H,4-18H2,1-3H3/t19-,20-,21-,22-. The van der Waals surface area contributed by atoms with E-state index in [4.69, 9.17) is 9.47 Å². The summed E-state index contributed by atoms with van der Waals surface area (Å²) in [7, 11) is 1.97. The molecule has 0 amide bonds. The zero-order valence-electron chi connectivity index (χ0n) is 16.7. The van der Waals surface area contributed by atoms with Gasteiger partial charge in [0.15, 0.2) is 0 Å². The molecule has 0 aromatic carbocycles. The van der Waals surface area contributed by atoms with E-state index < -0.39 is 0 Å². The van der Waals surface area contributed by atoms with Crippen molar-refractivity contribution in [3.05, 3.63) is 0 Å². The van der Waals surface area contributed by atoms with E-state index in [2.05, 4.69) is 13.8 Å². The first-order chi connectivity index (χ1) is 11.7. The van der Waals surface area contributed by atoms with E-state index in [0.29, 0.717) is 6.10 Å². The Kier molecular flexibility index (Phi) is 9.11. The van der Waals surface area contributed by atoms with Crippen LogP contribution in [0.3, 0.4) is 0 Å². The number of hydrogen-bond acceptors (Lipinski definition) is 2. The molecule has 2 aliphatic rings. The van der Waals surface area contributed by atoms with Gasteiger partial charge < -0.3 is 9.47 Å². The molecule has 0 spiro atoms. The highest BCUT2D eigenvalue weighted by molar-refractivity contribution is 4.95. The molecule has 0 aromatic heterocycles. The fourth-order valence-corrected chi connectivity index (χ4v) is 5.07. The highest BCUT2D eigenvalue weighted by Crippen LogP contribution is 2.46. The van der Waals surface area contributed by atoms with Gasteiger partial charge >= 0.3 is 0 Å². The number of rotatable bonds is 10. The van der Waals surface area contributed by atoms with Crippen molar-refractivity contribution in [2.45, 2.75) is 115 Å². The molecule has 2 saturated carbocycles. The summed E-state index contributed by atoms with van der Waals surface area (Å²) in [6.07, 6.45) is 19.1. The molecule has 2 heteroatoms. The highest BCUT2D eigenvalue weighted by Gasteiger charge is 2.43. The summed E-state index contributed by atoms with van der Waals surface area (Å²) in [6, 6.07) is 0. The Morgan fingerprint density at radius 2 is 1.50 bits per heavy atom. The molecule has 0 aromatic rings. The molecule has 2 rings (SSSR count). The lowest BCUT2D eigenvalue weighted by molar-refractivity contribution is -0.113. The van der Waals surface area contributed by atoms with Crippen LogP contribution in [0.1, 0.15) is 104 Å². The Balaban J connectivity index is 1.74. The smallest absolute Gasteiger partial charge is 0.0707 e. The third kappa shape index (κ3) is 5.73. The van der Waals surface area contributed by atoms with Crippen molar-refractivity contribution in [2.24, 2.45) is 11.8 Å². The van der Waals surface area contributed by atoms with Gasteiger partial charge in [-0.2, -0.15) is 0 Å². The Morgan fingerprint density at radius 3 is 2.08 bits per heavy atom. The van der Waals surface area contributed by atoms with Crippen LogP contribution in [0.5, 0.6) is 0 Å². The summed E-state index contributed by atoms with van der Waals surface area (Å²) in [5, 5.41) is 0. The van der Waals surface area contributed by atoms with Crippen LogP contribution in [-0.4, -0.2) is 25.4 Å². The molecule has 0 heterocycles. The van der Waals surface area contributed by atoms with Crippen molar-refractivity contribution >= 4 is 0 Å². The molecule has 0 saturated heterocycles. The van der Waals surface area contributed by atoms with Crippen molar-refractivity contribution in [3.8, 4) is 0 Å². The Bertz CT molecular complexity index is 312. The van der Waals surface area contributed by atoms with Crippen LogP contribution < -0.4 is 0 Å². The fraction of sp³-hybridized carbons (Fsp3) is 1.00. The predicted molar refractivity (Wildman–Crippen MR) is 102 cm³/mol. The molecule has 0 N–H and O–H groups in total. The van der Waals surface area contributed by atoms with E-state index >= 15 is 0 Å². The minimum Gasteiger partial charge on any atom is -0.378 e. The molecular formula is C22H42O2. The van der Waals surface area contributed by atoms with Crippen molar-refractivity contribution in [1.82, 2.24) is 0 Å². The lowest BCUT2D eigenvalue weighted by Crippen LogP contribution is -2.45. The second kappa shape index (κ2) is 10.8. The van der Waals surface area contributed by atoms with Crippen LogP contribution in [0.25, 0.3) is 0 Å². The van der Waals surface area contributed by atoms with E-state index in [1.165, 1.54) is 89.9 Å². The zero-order valence-corrected chi connectivity index (χ0v) is 16.7. The third-order valence-electron chi connectivity index (χ3n) is 6.84. The second-order valence-electron chi connectivity index (χ2n) is 8.41. The van der Waals surface area contributed by atoms with Gasteiger partial charge in [-0.25, -0.2) is 0 Å². The molecule has 2 aliphatic carbocycles. The van der Waals surface area contributed by atoms with Crippen molar-refractivity contribution in [1.29, 1.82) is 0 Å². The zero-order chi connectivity index (χ0) is 17.3. The van der Waals surface area contributed by atoms with E-state index in [0.717, 1.165) is 18.4 Å². The Labute approximate surface area is 151 Å². The molecule has 2 fully saturated rings. The first-order valence-corrected chi connectivity index (χ1v) is 10.9. The first kappa shape index (κ1) is 20.2. The number of hydrogen-bond donors (Lipinski definition) is 0. The molecule has 0 unspecified atom stereocenters. The van der Waals surface area contributed by atoms with Gasteiger partial charge in [0, 0.05) is 13.7 Å². The van der Waals surface area contributed by atoms with Crippen molar-refractivity contribution < 1.29 is 9.47 Å². The summed E-state index contributed by atoms with van der Waals surface area (Å²) in [5.74, 6) is 1.73. The molecule has 0 aliphatic heterocycles. The van der Waals surface area contributed by atoms with Crippen LogP contribution >= 0.6 is 0 Å². The summed E-state index contributed by atoms with van der Waals surface area (Å²) in [5.41, 5.74) is 0.190. The average Bonchev–Trinajstić information content (AvgIpc) is 2.63. The molecule has 0 atom stereocenters.